The summed E-state index contributed by atoms with van der Waals surface area (Å²) in [6.07, 6.45) is 4.96. The number of aromatic nitrogens is 1. The molecule has 0 radical (unpaired) electrons. The molecule has 0 saturated heterocycles. The molecule has 32 heavy (non-hydrogen) atoms. The molecule has 2 aromatic rings. The predicted octanol–water partition coefficient (Wildman–Crippen LogP) is 4.60. The number of nitriles is 1. The first-order valence-corrected chi connectivity index (χ1v) is 11.2. The zero-order chi connectivity index (χ0) is 23.1. The second-order valence-corrected chi connectivity index (χ2v) is 8.10. The summed E-state index contributed by atoms with van der Waals surface area (Å²) in [6.45, 7) is 5.95. The highest BCUT2D eigenvalue weighted by Crippen LogP contribution is 2.37. The standard InChI is InChI=1S/C25H31N3O4/c1-4-31-22-12-8-5-9-19(22)13-14-24(30)32-16-23(29)27-25-21(15-26)17(2)18(3)28(25)20-10-6-7-11-20/h5,8-9,12,20H,4,6-7,10-11,13-14,16H2,1-3H3,(H,27,29). The van der Waals surface area contributed by atoms with Crippen molar-refractivity contribution in [3.05, 3.63) is 46.6 Å². The number of amides is 1. The van der Waals surface area contributed by atoms with Crippen LogP contribution in [0, 0.1) is 25.2 Å². The van der Waals surface area contributed by atoms with Crippen molar-refractivity contribution < 1.29 is 19.1 Å². The Morgan fingerprint density at radius 1 is 1.22 bits per heavy atom. The molecule has 0 aliphatic heterocycles. The topological polar surface area (TPSA) is 93.3 Å². The van der Waals surface area contributed by atoms with Crippen LogP contribution in [-0.4, -0.2) is 29.7 Å². The fourth-order valence-electron chi connectivity index (χ4n) is 4.34. The van der Waals surface area contributed by atoms with Crippen LogP contribution < -0.4 is 10.1 Å². The number of carbonyl (C=O) groups is 2. The van der Waals surface area contributed by atoms with Crippen LogP contribution in [0.4, 0.5) is 5.82 Å². The van der Waals surface area contributed by atoms with Crippen molar-refractivity contribution in [1.82, 2.24) is 4.57 Å². The summed E-state index contributed by atoms with van der Waals surface area (Å²) in [7, 11) is 0. The minimum absolute atomic E-state index is 0.150. The molecule has 1 N–H and O–H groups in total. The third kappa shape index (κ3) is 5.31. The lowest BCUT2D eigenvalue weighted by Crippen LogP contribution is -2.24. The normalized spacial score (nSPS) is 13.6. The molecule has 170 valence electrons. The van der Waals surface area contributed by atoms with Crippen molar-refractivity contribution >= 4 is 17.7 Å². The maximum Gasteiger partial charge on any atom is 0.306 e. The van der Waals surface area contributed by atoms with Gasteiger partial charge in [0.1, 0.15) is 17.6 Å². The Hall–Kier alpha value is -3.27. The summed E-state index contributed by atoms with van der Waals surface area (Å²) in [5.74, 6) is 0.371. The molecular weight excluding hydrogens is 406 g/mol. The largest absolute Gasteiger partial charge is 0.494 e. The fraction of sp³-hybridized carbons (Fsp3) is 0.480. The van der Waals surface area contributed by atoms with Crippen LogP contribution >= 0.6 is 0 Å². The maximum absolute atomic E-state index is 12.6. The number of aryl methyl sites for hydroxylation is 1. The second kappa shape index (κ2) is 10.9. The molecule has 0 unspecified atom stereocenters. The second-order valence-electron chi connectivity index (χ2n) is 8.10. The Morgan fingerprint density at radius 3 is 2.62 bits per heavy atom. The average molecular weight is 438 g/mol. The highest BCUT2D eigenvalue weighted by atomic mass is 16.5. The van der Waals surface area contributed by atoms with E-state index >= 15 is 0 Å². The van der Waals surface area contributed by atoms with Gasteiger partial charge in [-0.25, -0.2) is 0 Å². The molecule has 7 nitrogen and oxygen atoms in total. The smallest absolute Gasteiger partial charge is 0.306 e. The van der Waals surface area contributed by atoms with Crippen LogP contribution in [0.5, 0.6) is 5.75 Å². The first kappa shape index (κ1) is 23.4. The molecule has 7 heteroatoms. The van der Waals surface area contributed by atoms with E-state index in [1.807, 2.05) is 45.0 Å². The SMILES string of the molecule is CCOc1ccccc1CCC(=O)OCC(=O)Nc1c(C#N)c(C)c(C)n1C1CCCC1. The monoisotopic (exact) mass is 437 g/mol. The molecule has 3 rings (SSSR count). The zero-order valence-electron chi connectivity index (χ0n) is 19.1. The molecule has 1 heterocycles. The number of hydrogen-bond donors (Lipinski definition) is 1. The zero-order valence-corrected chi connectivity index (χ0v) is 19.1. The van der Waals surface area contributed by atoms with Gasteiger partial charge in [-0.1, -0.05) is 31.0 Å². The maximum atomic E-state index is 12.6. The van der Waals surface area contributed by atoms with Crippen molar-refractivity contribution in [1.29, 1.82) is 5.26 Å². The molecule has 1 aliphatic carbocycles. The van der Waals surface area contributed by atoms with E-state index in [1.165, 1.54) is 0 Å². The van der Waals surface area contributed by atoms with Crippen molar-refractivity contribution in [2.24, 2.45) is 0 Å². The number of ether oxygens (including phenoxy) is 2. The van der Waals surface area contributed by atoms with Crippen LogP contribution in [0.1, 0.15) is 67.5 Å². The number of nitrogens with zero attached hydrogens (tertiary/aromatic N) is 2. The number of nitrogens with one attached hydrogen (secondary N) is 1. The number of rotatable bonds is 9. The van der Waals surface area contributed by atoms with Gasteiger partial charge in [0.25, 0.3) is 5.91 Å². The summed E-state index contributed by atoms with van der Waals surface area (Å²) in [5, 5.41) is 12.5. The number of esters is 1. The Labute approximate surface area is 189 Å². The van der Waals surface area contributed by atoms with Gasteiger partial charge >= 0.3 is 5.97 Å². The van der Waals surface area contributed by atoms with Crippen molar-refractivity contribution in [3.8, 4) is 11.8 Å². The van der Waals surface area contributed by atoms with E-state index in [1.54, 1.807) is 0 Å². The van der Waals surface area contributed by atoms with E-state index in [0.717, 1.165) is 48.3 Å². The number of carbonyl (C=O) groups excluding carboxylic acids is 2. The Balaban J connectivity index is 1.59. The molecule has 0 bridgehead atoms. The highest BCUT2D eigenvalue weighted by molar-refractivity contribution is 5.93. The van der Waals surface area contributed by atoms with Crippen molar-refractivity contribution in [3.63, 3.8) is 0 Å². The molecule has 1 aromatic heterocycles. The van der Waals surface area contributed by atoms with Crippen LogP contribution in [0.2, 0.25) is 0 Å². The van der Waals surface area contributed by atoms with Gasteiger partial charge in [0, 0.05) is 18.2 Å². The Kier molecular flexibility index (Phi) is 7.93. The van der Waals surface area contributed by atoms with E-state index in [2.05, 4.69) is 16.0 Å². The van der Waals surface area contributed by atoms with Crippen LogP contribution in [0.15, 0.2) is 24.3 Å². The molecule has 1 aliphatic rings. The number of benzene rings is 1. The van der Waals surface area contributed by atoms with Gasteiger partial charge in [-0.05, 0) is 57.2 Å². The Morgan fingerprint density at radius 2 is 1.94 bits per heavy atom. The molecule has 0 spiro atoms. The fourth-order valence-corrected chi connectivity index (χ4v) is 4.34. The summed E-state index contributed by atoms with van der Waals surface area (Å²) in [6, 6.07) is 10.1. The number of anilines is 1. The van der Waals surface area contributed by atoms with Crippen LogP contribution in [0.25, 0.3) is 0 Å². The molecule has 1 amide bonds. The molecular formula is C25H31N3O4. The third-order valence-corrected chi connectivity index (χ3v) is 6.05. The van der Waals surface area contributed by atoms with E-state index in [4.69, 9.17) is 9.47 Å². The molecule has 1 saturated carbocycles. The first-order valence-electron chi connectivity index (χ1n) is 11.2. The van der Waals surface area contributed by atoms with Gasteiger partial charge in [-0.2, -0.15) is 5.26 Å². The lowest BCUT2D eigenvalue weighted by molar-refractivity contribution is -0.147. The summed E-state index contributed by atoms with van der Waals surface area (Å²) >= 11 is 0. The summed E-state index contributed by atoms with van der Waals surface area (Å²) in [5.41, 5.74) is 3.27. The van der Waals surface area contributed by atoms with E-state index in [0.29, 0.717) is 24.4 Å². The van der Waals surface area contributed by atoms with Gasteiger partial charge in [-0.3, -0.25) is 9.59 Å². The molecule has 0 atom stereocenters. The summed E-state index contributed by atoms with van der Waals surface area (Å²) < 4.78 is 12.8. The third-order valence-electron chi connectivity index (χ3n) is 6.05. The van der Waals surface area contributed by atoms with Gasteiger partial charge in [0.05, 0.1) is 12.2 Å². The number of para-hydroxylation sites is 1. The van der Waals surface area contributed by atoms with Gasteiger partial charge in [0.15, 0.2) is 6.61 Å². The predicted molar refractivity (Wildman–Crippen MR) is 122 cm³/mol. The average Bonchev–Trinajstić information content (AvgIpc) is 3.39. The van der Waals surface area contributed by atoms with Crippen LogP contribution in [0.3, 0.4) is 0 Å². The lowest BCUT2D eigenvalue weighted by Gasteiger charge is -2.19. The lowest BCUT2D eigenvalue weighted by atomic mass is 10.1. The quantitative estimate of drug-likeness (QED) is 0.579. The van der Waals surface area contributed by atoms with Gasteiger partial charge in [0.2, 0.25) is 0 Å². The minimum Gasteiger partial charge on any atom is -0.494 e. The first-order chi connectivity index (χ1) is 15.5. The number of hydrogen-bond acceptors (Lipinski definition) is 5. The highest BCUT2D eigenvalue weighted by Gasteiger charge is 2.26. The summed E-state index contributed by atoms with van der Waals surface area (Å²) in [4.78, 5) is 24.8. The Bertz CT molecular complexity index is 1010. The molecule has 1 fully saturated rings. The van der Waals surface area contributed by atoms with Gasteiger partial charge in [-0.15, -0.1) is 0 Å². The van der Waals surface area contributed by atoms with Gasteiger partial charge < -0.3 is 19.4 Å². The van der Waals surface area contributed by atoms with E-state index in [-0.39, 0.29) is 19.1 Å². The molecule has 1 aromatic carbocycles. The van der Waals surface area contributed by atoms with Crippen LogP contribution in [-0.2, 0) is 20.7 Å². The van der Waals surface area contributed by atoms with E-state index in [9.17, 15) is 14.9 Å². The van der Waals surface area contributed by atoms with Crippen molar-refractivity contribution in [2.45, 2.75) is 65.3 Å². The van der Waals surface area contributed by atoms with E-state index < -0.39 is 11.9 Å². The van der Waals surface area contributed by atoms with Crippen molar-refractivity contribution in [2.75, 3.05) is 18.5 Å². The minimum atomic E-state index is -0.453.